The molecule has 0 spiro atoms. The fourth-order valence-corrected chi connectivity index (χ4v) is 2.02. The summed E-state index contributed by atoms with van der Waals surface area (Å²) < 4.78 is 89.0. The summed E-state index contributed by atoms with van der Waals surface area (Å²) in [5, 5.41) is 0. The third kappa shape index (κ3) is 4.75. The maximum Gasteiger partial charge on any atom is 0.441 e. The number of hydrogen-bond donors (Lipinski definition) is 0. The minimum absolute atomic E-state index is 0.0965. The van der Waals surface area contributed by atoms with Crippen molar-refractivity contribution in [1.82, 2.24) is 0 Å². The van der Waals surface area contributed by atoms with Crippen LogP contribution in [0, 0.1) is 5.92 Å². The number of carbonyl (C=O) groups is 2. The average Bonchev–Trinajstić information content (AvgIpc) is 2.40. The van der Waals surface area contributed by atoms with Crippen molar-refractivity contribution in [2.24, 2.45) is 5.92 Å². The van der Waals surface area contributed by atoms with E-state index < -0.39 is 44.8 Å². The van der Waals surface area contributed by atoms with E-state index in [1.165, 1.54) is 13.8 Å². The maximum absolute atomic E-state index is 13.6. The van der Waals surface area contributed by atoms with Gasteiger partial charge in [-0.3, -0.25) is 9.59 Å². The molecule has 0 aliphatic carbocycles. The molecule has 0 aliphatic heterocycles. The van der Waals surface area contributed by atoms with Crippen LogP contribution in [0.2, 0.25) is 0 Å². The van der Waals surface area contributed by atoms with Crippen LogP contribution in [0.3, 0.4) is 0 Å². The molecular formula is C15H21F6IO4. The smallest absolute Gasteiger partial charge is 0.441 e. The molecule has 0 N–H and O–H groups in total. The first-order chi connectivity index (χ1) is 11.3. The third-order valence-corrected chi connectivity index (χ3v) is 5.01. The molecule has 0 aromatic carbocycles. The van der Waals surface area contributed by atoms with E-state index in [2.05, 4.69) is 9.47 Å². The number of ether oxygens (including phenoxy) is 2. The SMILES string of the molecule is CCC(C)(I)C(=O)OC(C)(C)C(OC(=O)C(C)C)(C(F)(F)F)C(F)(F)F. The number of halogens is 7. The Labute approximate surface area is 161 Å². The van der Waals surface area contributed by atoms with Gasteiger partial charge in [-0.15, -0.1) is 0 Å². The van der Waals surface area contributed by atoms with Gasteiger partial charge in [0.05, 0.1) is 5.92 Å². The lowest BCUT2D eigenvalue weighted by molar-refractivity contribution is -0.408. The highest BCUT2D eigenvalue weighted by atomic mass is 127. The Hall–Kier alpha value is -0.750. The highest BCUT2D eigenvalue weighted by Crippen LogP contribution is 2.54. The van der Waals surface area contributed by atoms with Crippen molar-refractivity contribution in [3.63, 3.8) is 0 Å². The standard InChI is InChI=1S/C15H21F6IO4/c1-7-12(6,22)10(24)26-11(4,5)13(14(16,17)18,15(19,20)21)25-9(23)8(2)3/h8H,7H2,1-6H3. The molecule has 0 heterocycles. The van der Waals surface area contributed by atoms with Gasteiger partial charge in [0, 0.05) is 0 Å². The Balaban J connectivity index is 6.46. The first-order valence-corrected chi connectivity index (χ1v) is 8.63. The molecule has 0 saturated carbocycles. The van der Waals surface area contributed by atoms with Crippen molar-refractivity contribution in [3.05, 3.63) is 0 Å². The van der Waals surface area contributed by atoms with E-state index in [0.29, 0.717) is 13.8 Å². The average molecular weight is 506 g/mol. The largest absolute Gasteiger partial charge is 0.454 e. The normalized spacial score (nSPS) is 16.2. The van der Waals surface area contributed by atoms with Crippen LogP contribution >= 0.6 is 22.6 Å². The van der Waals surface area contributed by atoms with Crippen LogP contribution in [0.15, 0.2) is 0 Å². The molecule has 11 heteroatoms. The summed E-state index contributed by atoms with van der Waals surface area (Å²) in [5.41, 5.74) is -8.29. The van der Waals surface area contributed by atoms with Crippen molar-refractivity contribution in [2.75, 3.05) is 0 Å². The van der Waals surface area contributed by atoms with Crippen LogP contribution < -0.4 is 0 Å². The van der Waals surface area contributed by atoms with Crippen LogP contribution in [0.1, 0.15) is 48.0 Å². The predicted octanol–water partition coefficient (Wildman–Crippen LogP) is 4.97. The van der Waals surface area contributed by atoms with Crippen LogP contribution in [-0.2, 0) is 19.1 Å². The molecular weight excluding hydrogens is 485 g/mol. The summed E-state index contributed by atoms with van der Waals surface area (Å²) in [7, 11) is 0. The number of esters is 2. The van der Waals surface area contributed by atoms with E-state index in [4.69, 9.17) is 0 Å². The van der Waals surface area contributed by atoms with Gasteiger partial charge in [0.1, 0.15) is 3.42 Å². The van der Waals surface area contributed by atoms with Crippen molar-refractivity contribution in [3.8, 4) is 0 Å². The minimum Gasteiger partial charge on any atom is -0.454 e. The van der Waals surface area contributed by atoms with Crippen LogP contribution in [-0.4, -0.2) is 38.9 Å². The third-order valence-electron chi connectivity index (χ3n) is 3.81. The monoisotopic (exact) mass is 506 g/mol. The Morgan fingerprint density at radius 3 is 1.58 bits per heavy atom. The van der Waals surface area contributed by atoms with Gasteiger partial charge in [0.25, 0.3) is 0 Å². The van der Waals surface area contributed by atoms with E-state index in [9.17, 15) is 35.9 Å². The molecule has 0 radical (unpaired) electrons. The van der Waals surface area contributed by atoms with E-state index >= 15 is 0 Å². The Bertz CT molecular complexity index is 523. The minimum atomic E-state index is -6.09. The van der Waals surface area contributed by atoms with Gasteiger partial charge in [-0.1, -0.05) is 43.4 Å². The highest BCUT2D eigenvalue weighted by molar-refractivity contribution is 14.1. The van der Waals surface area contributed by atoms with Crippen molar-refractivity contribution >= 4 is 34.5 Å². The molecule has 0 fully saturated rings. The maximum atomic E-state index is 13.6. The lowest BCUT2D eigenvalue weighted by atomic mass is 9.83. The van der Waals surface area contributed by atoms with E-state index in [1.807, 2.05) is 0 Å². The number of alkyl halides is 7. The summed E-state index contributed by atoms with van der Waals surface area (Å²) >= 11 is 1.57. The zero-order valence-corrected chi connectivity index (χ0v) is 17.2. The second-order valence-electron chi connectivity index (χ2n) is 6.70. The van der Waals surface area contributed by atoms with Crippen LogP contribution in [0.5, 0.6) is 0 Å². The van der Waals surface area contributed by atoms with Gasteiger partial charge in [0.2, 0.25) is 0 Å². The van der Waals surface area contributed by atoms with Gasteiger partial charge >= 0.3 is 29.9 Å². The number of hydrogen-bond acceptors (Lipinski definition) is 4. The molecule has 26 heavy (non-hydrogen) atoms. The van der Waals surface area contributed by atoms with Gasteiger partial charge in [0.15, 0.2) is 5.60 Å². The summed E-state index contributed by atoms with van der Waals surface area (Å²) in [5.74, 6) is -4.28. The molecule has 0 aromatic rings. The molecule has 0 aliphatic rings. The fourth-order valence-electron chi connectivity index (χ4n) is 1.91. The Morgan fingerprint density at radius 2 is 1.31 bits per heavy atom. The molecule has 1 atom stereocenters. The summed E-state index contributed by atoms with van der Waals surface area (Å²) in [6, 6.07) is 0. The summed E-state index contributed by atoms with van der Waals surface area (Å²) in [4.78, 5) is 23.8. The van der Waals surface area contributed by atoms with Gasteiger partial charge in [-0.05, 0) is 27.2 Å². The zero-order valence-electron chi connectivity index (χ0n) is 15.1. The second-order valence-corrected chi connectivity index (χ2v) is 9.08. The van der Waals surface area contributed by atoms with E-state index in [1.54, 1.807) is 22.6 Å². The van der Waals surface area contributed by atoms with E-state index in [-0.39, 0.29) is 6.42 Å². The van der Waals surface area contributed by atoms with Crippen molar-refractivity contribution < 1.29 is 45.4 Å². The van der Waals surface area contributed by atoms with Gasteiger partial charge in [-0.2, -0.15) is 26.3 Å². The molecule has 0 bridgehead atoms. The first-order valence-electron chi connectivity index (χ1n) is 7.55. The molecule has 0 aromatic heterocycles. The first kappa shape index (κ1) is 25.2. The summed E-state index contributed by atoms with van der Waals surface area (Å²) in [6.07, 6.45) is -12.1. The lowest BCUT2D eigenvalue weighted by Crippen LogP contribution is -2.72. The highest BCUT2D eigenvalue weighted by Gasteiger charge is 2.82. The second kappa shape index (κ2) is 7.70. The quantitative estimate of drug-likeness (QED) is 0.221. The Morgan fingerprint density at radius 1 is 0.923 bits per heavy atom. The lowest BCUT2D eigenvalue weighted by Gasteiger charge is -2.46. The van der Waals surface area contributed by atoms with Gasteiger partial charge < -0.3 is 9.47 Å². The molecule has 0 saturated heterocycles. The van der Waals surface area contributed by atoms with Crippen molar-refractivity contribution in [2.45, 2.75) is 74.9 Å². The zero-order chi connectivity index (χ0) is 21.4. The summed E-state index contributed by atoms with van der Waals surface area (Å²) in [6.45, 7) is 5.81. The van der Waals surface area contributed by atoms with Crippen molar-refractivity contribution in [1.29, 1.82) is 0 Å². The van der Waals surface area contributed by atoms with Crippen LogP contribution in [0.4, 0.5) is 26.3 Å². The fraction of sp³-hybridized carbons (Fsp3) is 0.867. The molecule has 0 rings (SSSR count). The molecule has 4 nitrogen and oxygen atoms in total. The van der Waals surface area contributed by atoms with Gasteiger partial charge in [-0.25, -0.2) is 0 Å². The predicted molar refractivity (Wildman–Crippen MR) is 88.7 cm³/mol. The molecule has 1 unspecified atom stereocenters. The molecule has 0 amide bonds. The van der Waals surface area contributed by atoms with E-state index in [0.717, 1.165) is 13.8 Å². The van der Waals surface area contributed by atoms with Crippen LogP contribution in [0.25, 0.3) is 0 Å². The Kier molecular flexibility index (Phi) is 7.48. The topological polar surface area (TPSA) is 52.6 Å². The number of rotatable bonds is 6. The number of carbonyl (C=O) groups excluding carboxylic acids is 2. The molecule has 154 valence electrons.